The lowest BCUT2D eigenvalue weighted by Gasteiger charge is -2.12. The maximum absolute atomic E-state index is 4.91. The van der Waals surface area contributed by atoms with Crippen LogP contribution in [0.4, 0.5) is 0 Å². The van der Waals surface area contributed by atoms with Crippen molar-refractivity contribution in [2.75, 3.05) is 0 Å². The molecule has 0 radical (unpaired) electrons. The van der Waals surface area contributed by atoms with Crippen LogP contribution in [0.5, 0.6) is 0 Å². The Morgan fingerprint density at radius 3 is 1.73 bits per heavy atom. The summed E-state index contributed by atoms with van der Waals surface area (Å²) in [5, 5.41) is 8.72. The molecule has 0 saturated carbocycles. The molecule has 0 aliphatic heterocycles. The molecule has 11 aromatic rings. The molecule has 0 spiro atoms. The van der Waals surface area contributed by atoms with E-state index in [0.717, 1.165) is 11.2 Å². The molecule has 240 valence electrons. The number of aromatic nitrogens is 3. The first-order valence-corrected chi connectivity index (χ1v) is 17.9. The van der Waals surface area contributed by atoms with E-state index in [4.69, 9.17) is 4.98 Å². The van der Waals surface area contributed by atoms with Crippen molar-refractivity contribution in [2.24, 2.45) is 0 Å². The topological polar surface area (TPSA) is 22.8 Å². The SMILES string of the molecule is c1ccc(-n2c3ccccc3c3cc(-c4ccc5c(c4)c4cc6ccccc6cc4n5-c4cc5c6c(ccnc6c4)-c4ccccc4-5)ccc32)cc1. The maximum atomic E-state index is 4.91. The molecule has 0 bridgehead atoms. The van der Waals surface area contributed by atoms with E-state index >= 15 is 0 Å². The molecular weight excluding hydrogens is 631 g/mol. The second-order valence-electron chi connectivity index (χ2n) is 14.0. The van der Waals surface area contributed by atoms with Crippen LogP contribution >= 0.6 is 0 Å². The quantitative estimate of drug-likeness (QED) is 0.185. The number of fused-ring (bicyclic) bond motifs is 10. The smallest absolute Gasteiger partial charge is 0.0735 e. The summed E-state index contributed by atoms with van der Waals surface area (Å²) in [7, 11) is 0. The first-order chi connectivity index (χ1) is 25.8. The lowest BCUT2D eigenvalue weighted by molar-refractivity contribution is 1.18. The van der Waals surface area contributed by atoms with E-state index in [2.05, 4.69) is 179 Å². The van der Waals surface area contributed by atoms with Gasteiger partial charge >= 0.3 is 0 Å². The molecule has 0 atom stereocenters. The minimum atomic E-state index is 1.02. The van der Waals surface area contributed by atoms with Gasteiger partial charge in [-0.2, -0.15) is 0 Å². The monoisotopic (exact) mass is 659 g/mol. The Labute approximate surface area is 299 Å². The van der Waals surface area contributed by atoms with Crippen molar-refractivity contribution in [3.8, 4) is 44.8 Å². The van der Waals surface area contributed by atoms with Gasteiger partial charge in [-0.15, -0.1) is 0 Å². The third-order valence-electron chi connectivity index (χ3n) is 11.2. The molecule has 3 heteroatoms. The zero-order valence-electron chi connectivity index (χ0n) is 28.1. The van der Waals surface area contributed by atoms with Gasteiger partial charge < -0.3 is 9.13 Å². The van der Waals surface area contributed by atoms with E-state index in [9.17, 15) is 0 Å². The molecule has 0 N–H and O–H groups in total. The highest BCUT2D eigenvalue weighted by Crippen LogP contribution is 2.48. The predicted molar refractivity (Wildman–Crippen MR) is 218 cm³/mol. The predicted octanol–water partition coefficient (Wildman–Crippen LogP) is 12.9. The first kappa shape index (κ1) is 27.8. The van der Waals surface area contributed by atoms with Crippen LogP contribution in [0, 0.1) is 0 Å². The molecule has 3 heterocycles. The highest BCUT2D eigenvalue weighted by atomic mass is 15.0. The van der Waals surface area contributed by atoms with E-state index in [1.165, 1.54) is 98.8 Å². The number of benzene rings is 8. The second kappa shape index (κ2) is 10.3. The Hall–Kier alpha value is -6.97. The van der Waals surface area contributed by atoms with E-state index in [1.54, 1.807) is 0 Å². The largest absolute Gasteiger partial charge is 0.309 e. The van der Waals surface area contributed by atoms with Crippen molar-refractivity contribution < 1.29 is 0 Å². The van der Waals surface area contributed by atoms with Gasteiger partial charge in [-0.25, -0.2) is 0 Å². The average Bonchev–Trinajstić information content (AvgIpc) is 3.83. The zero-order chi connectivity index (χ0) is 33.9. The van der Waals surface area contributed by atoms with Gasteiger partial charge in [-0.05, 0) is 117 Å². The summed E-state index contributed by atoms with van der Waals surface area (Å²) in [6, 6.07) is 62.3. The Morgan fingerprint density at radius 1 is 0.346 bits per heavy atom. The van der Waals surface area contributed by atoms with Crippen LogP contribution in [0.25, 0.3) is 110 Å². The highest BCUT2D eigenvalue weighted by Gasteiger charge is 2.24. The summed E-state index contributed by atoms with van der Waals surface area (Å²) >= 11 is 0. The number of hydrogen-bond acceptors (Lipinski definition) is 1. The third kappa shape index (κ3) is 3.77. The van der Waals surface area contributed by atoms with Crippen molar-refractivity contribution in [2.45, 2.75) is 0 Å². The minimum absolute atomic E-state index is 1.02. The van der Waals surface area contributed by atoms with Crippen molar-refractivity contribution in [1.29, 1.82) is 0 Å². The molecule has 0 fully saturated rings. The van der Waals surface area contributed by atoms with Crippen molar-refractivity contribution >= 4 is 65.3 Å². The van der Waals surface area contributed by atoms with Crippen LogP contribution in [-0.2, 0) is 0 Å². The van der Waals surface area contributed by atoms with E-state index < -0.39 is 0 Å². The maximum Gasteiger partial charge on any atom is 0.0735 e. The van der Waals surface area contributed by atoms with E-state index in [-0.39, 0.29) is 0 Å². The van der Waals surface area contributed by atoms with Gasteiger partial charge in [0, 0.05) is 44.5 Å². The van der Waals surface area contributed by atoms with Gasteiger partial charge in [0.15, 0.2) is 0 Å². The lowest BCUT2D eigenvalue weighted by Crippen LogP contribution is -1.95. The Morgan fingerprint density at radius 2 is 0.942 bits per heavy atom. The average molecular weight is 660 g/mol. The Bertz CT molecular complexity index is 3290. The van der Waals surface area contributed by atoms with Crippen LogP contribution < -0.4 is 0 Å². The summed E-state index contributed by atoms with van der Waals surface area (Å²) in [6.07, 6.45) is 1.95. The van der Waals surface area contributed by atoms with Gasteiger partial charge in [0.2, 0.25) is 0 Å². The van der Waals surface area contributed by atoms with Gasteiger partial charge in [0.25, 0.3) is 0 Å². The number of nitrogens with zero attached hydrogens (tertiary/aromatic N) is 3. The molecule has 1 aliphatic rings. The molecule has 8 aromatic carbocycles. The summed E-state index contributed by atoms with van der Waals surface area (Å²) < 4.78 is 4.82. The molecule has 3 aromatic heterocycles. The fourth-order valence-electron chi connectivity index (χ4n) is 8.96. The van der Waals surface area contributed by atoms with Crippen LogP contribution in [0.1, 0.15) is 0 Å². The summed E-state index contributed by atoms with van der Waals surface area (Å²) in [6.45, 7) is 0. The third-order valence-corrected chi connectivity index (χ3v) is 11.2. The number of rotatable bonds is 3. The first-order valence-electron chi connectivity index (χ1n) is 17.9. The summed E-state index contributed by atoms with van der Waals surface area (Å²) in [4.78, 5) is 4.91. The molecule has 1 aliphatic carbocycles. The molecule has 52 heavy (non-hydrogen) atoms. The Kier molecular flexibility index (Phi) is 5.50. The van der Waals surface area contributed by atoms with Crippen LogP contribution in [0.3, 0.4) is 0 Å². The van der Waals surface area contributed by atoms with Gasteiger partial charge in [0.05, 0.1) is 27.6 Å². The van der Waals surface area contributed by atoms with Crippen molar-refractivity contribution in [3.63, 3.8) is 0 Å². The van der Waals surface area contributed by atoms with Gasteiger partial charge in [-0.3, -0.25) is 4.98 Å². The number of para-hydroxylation sites is 2. The summed E-state index contributed by atoms with van der Waals surface area (Å²) in [5.41, 5.74) is 15.6. The molecule has 12 rings (SSSR count). The zero-order valence-corrected chi connectivity index (χ0v) is 28.1. The van der Waals surface area contributed by atoms with Crippen LogP contribution in [0.15, 0.2) is 176 Å². The van der Waals surface area contributed by atoms with Crippen LogP contribution in [0.2, 0.25) is 0 Å². The van der Waals surface area contributed by atoms with E-state index in [0.29, 0.717) is 0 Å². The molecule has 0 unspecified atom stereocenters. The fraction of sp³-hybridized carbons (Fsp3) is 0. The molecule has 3 nitrogen and oxygen atoms in total. The molecule has 0 saturated heterocycles. The minimum Gasteiger partial charge on any atom is -0.309 e. The fourth-order valence-corrected chi connectivity index (χ4v) is 8.96. The van der Waals surface area contributed by atoms with Gasteiger partial charge in [-0.1, -0.05) is 97.1 Å². The number of pyridine rings is 1. The van der Waals surface area contributed by atoms with Gasteiger partial charge in [0.1, 0.15) is 0 Å². The standard InChI is InChI=1S/C49H29N3/c1-2-12-34(13-3-1)51-45-17-9-8-16-38(45)40-25-32(18-20-46(40)51)33-19-21-47-41(26-33)42-24-30-10-4-5-11-31(30)27-48(42)52(47)35-28-43-37-15-7-6-14-36(37)39-22-23-50-44(29-35)49(39)43/h1-29H. The lowest BCUT2D eigenvalue weighted by atomic mass is 10.00. The van der Waals surface area contributed by atoms with Crippen LogP contribution in [-0.4, -0.2) is 14.1 Å². The van der Waals surface area contributed by atoms with E-state index in [1.807, 2.05) is 6.20 Å². The number of hydrogen-bond donors (Lipinski definition) is 0. The second-order valence-corrected chi connectivity index (χ2v) is 14.0. The van der Waals surface area contributed by atoms with Crippen molar-refractivity contribution in [3.05, 3.63) is 176 Å². The van der Waals surface area contributed by atoms with Crippen molar-refractivity contribution in [1.82, 2.24) is 14.1 Å². The summed E-state index contributed by atoms with van der Waals surface area (Å²) in [5.74, 6) is 0. The highest BCUT2D eigenvalue weighted by molar-refractivity contribution is 6.18. The molecular formula is C49H29N3. The Balaban J connectivity index is 1.11. The normalized spacial score (nSPS) is 12.2. The molecule has 0 amide bonds.